The molecule has 0 radical (unpaired) electrons. The molecule has 1 aromatic heterocycles. The maximum absolute atomic E-state index is 12.7. The number of alkyl halides is 3. The van der Waals surface area contributed by atoms with Crippen LogP contribution in [0.5, 0.6) is 0 Å². The van der Waals surface area contributed by atoms with E-state index in [1.807, 2.05) is 0 Å². The molecule has 0 aliphatic heterocycles. The first kappa shape index (κ1) is 17.0. The largest absolute Gasteiger partial charge is 0.416 e. The van der Waals surface area contributed by atoms with Crippen molar-refractivity contribution in [2.45, 2.75) is 32.4 Å². The standard InChI is InChI=1S/C15H18F3N5/c1-2-3-4-8-19-13-10-20-23-14(22-13)21-12-7-5-6-11(9-12)15(16,17)18/h5-7,9-10H,2-4,8H2,1H3,(H2,19,21,22,23). The van der Waals surface area contributed by atoms with Gasteiger partial charge < -0.3 is 10.6 Å². The SMILES string of the molecule is CCCCCNc1cnnc(Nc2cccc(C(F)(F)F)c2)n1. The molecule has 124 valence electrons. The van der Waals surface area contributed by atoms with E-state index in [1.165, 1.54) is 18.3 Å². The first-order valence-electron chi connectivity index (χ1n) is 7.37. The lowest BCUT2D eigenvalue weighted by Gasteiger charge is -2.10. The Morgan fingerprint density at radius 2 is 2.00 bits per heavy atom. The molecular formula is C15H18F3N5. The number of halogens is 3. The summed E-state index contributed by atoms with van der Waals surface area (Å²) in [5, 5.41) is 13.4. The molecule has 0 saturated carbocycles. The van der Waals surface area contributed by atoms with E-state index in [0.29, 0.717) is 5.82 Å². The minimum atomic E-state index is -4.39. The Hall–Kier alpha value is -2.38. The second-order valence-electron chi connectivity index (χ2n) is 5.00. The fourth-order valence-electron chi connectivity index (χ4n) is 1.94. The lowest BCUT2D eigenvalue weighted by Crippen LogP contribution is -2.08. The Labute approximate surface area is 132 Å². The molecule has 2 N–H and O–H groups in total. The van der Waals surface area contributed by atoms with Gasteiger partial charge in [-0.15, -0.1) is 5.10 Å². The minimum Gasteiger partial charge on any atom is -0.369 e. The van der Waals surface area contributed by atoms with Crippen LogP contribution in [0.3, 0.4) is 0 Å². The van der Waals surface area contributed by atoms with Crippen molar-refractivity contribution in [3.8, 4) is 0 Å². The van der Waals surface area contributed by atoms with Gasteiger partial charge in [-0.3, -0.25) is 0 Å². The summed E-state index contributed by atoms with van der Waals surface area (Å²) >= 11 is 0. The highest BCUT2D eigenvalue weighted by Crippen LogP contribution is 2.31. The van der Waals surface area contributed by atoms with E-state index in [1.54, 1.807) is 0 Å². The van der Waals surface area contributed by atoms with Gasteiger partial charge in [-0.2, -0.15) is 23.3 Å². The maximum Gasteiger partial charge on any atom is 0.416 e. The first-order valence-corrected chi connectivity index (χ1v) is 7.37. The van der Waals surface area contributed by atoms with Crippen molar-refractivity contribution in [1.29, 1.82) is 0 Å². The van der Waals surface area contributed by atoms with Crippen LogP contribution in [0.25, 0.3) is 0 Å². The Kier molecular flexibility index (Phi) is 5.72. The van der Waals surface area contributed by atoms with Crippen LogP contribution in [0.1, 0.15) is 31.7 Å². The number of aromatic nitrogens is 3. The number of nitrogens with one attached hydrogen (secondary N) is 2. The summed E-state index contributed by atoms with van der Waals surface area (Å²) in [5.41, 5.74) is -0.478. The van der Waals surface area contributed by atoms with Gasteiger partial charge in [0.25, 0.3) is 0 Å². The molecule has 23 heavy (non-hydrogen) atoms. The first-order chi connectivity index (χ1) is 11.0. The molecule has 0 saturated heterocycles. The van der Waals surface area contributed by atoms with Crippen LogP contribution in [-0.2, 0) is 6.18 Å². The zero-order valence-electron chi connectivity index (χ0n) is 12.7. The van der Waals surface area contributed by atoms with Crippen LogP contribution in [-0.4, -0.2) is 21.7 Å². The van der Waals surface area contributed by atoms with Gasteiger partial charge in [0.2, 0.25) is 5.95 Å². The Balaban J connectivity index is 2.03. The molecular weight excluding hydrogens is 307 g/mol. The maximum atomic E-state index is 12.7. The van der Waals surface area contributed by atoms with Gasteiger partial charge in [-0.1, -0.05) is 25.8 Å². The Morgan fingerprint density at radius 1 is 1.17 bits per heavy atom. The lowest BCUT2D eigenvalue weighted by atomic mass is 10.2. The summed E-state index contributed by atoms with van der Waals surface area (Å²) in [6.45, 7) is 2.87. The highest BCUT2D eigenvalue weighted by atomic mass is 19.4. The van der Waals surface area contributed by atoms with Crippen molar-refractivity contribution in [2.24, 2.45) is 0 Å². The number of rotatable bonds is 7. The van der Waals surface area contributed by atoms with Crippen LogP contribution in [0.2, 0.25) is 0 Å². The third-order valence-electron chi connectivity index (χ3n) is 3.09. The molecule has 1 heterocycles. The Bertz CT molecular complexity index is 631. The topological polar surface area (TPSA) is 62.7 Å². The van der Waals surface area contributed by atoms with E-state index in [2.05, 4.69) is 32.7 Å². The number of hydrogen-bond acceptors (Lipinski definition) is 5. The zero-order valence-corrected chi connectivity index (χ0v) is 12.7. The molecule has 0 atom stereocenters. The molecule has 0 unspecified atom stereocenters. The van der Waals surface area contributed by atoms with E-state index in [4.69, 9.17) is 0 Å². The van der Waals surface area contributed by atoms with Gasteiger partial charge in [0.1, 0.15) is 0 Å². The number of benzene rings is 1. The smallest absolute Gasteiger partial charge is 0.369 e. The van der Waals surface area contributed by atoms with Crippen LogP contribution in [0.15, 0.2) is 30.5 Å². The summed E-state index contributed by atoms with van der Waals surface area (Å²) in [6.07, 6.45) is 0.326. The Morgan fingerprint density at radius 3 is 2.74 bits per heavy atom. The second-order valence-corrected chi connectivity index (χ2v) is 5.00. The molecule has 5 nitrogen and oxygen atoms in total. The highest BCUT2D eigenvalue weighted by Gasteiger charge is 2.30. The van der Waals surface area contributed by atoms with Gasteiger partial charge in [0, 0.05) is 12.2 Å². The molecule has 0 spiro atoms. The molecule has 1 aromatic carbocycles. The van der Waals surface area contributed by atoms with Crippen molar-refractivity contribution in [3.63, 3.8) is 0 Å². The number of nitrogens with zero attached hydrogens (tertiary/aromatic N) is 3. The van der Waals surface area contributed by atoms with E-state index >= 15 is 0 Å². The monoisotopic (exact) mass is 325 g/mol. The van der Waals surface area contributed by atoms with Gasteiger partial charge in [-0.05, 0) is 24.6 Å². The van der Waals surface area contributed by atoms with E-state index < -0.39 is 11.7 Å². The van der Waals surface area contributed by atoms with Gasteiger partial charge in [0.15, 0.2) is 5.82 Å². The average molecular weight is 325 g/mol. The van der Waals surface area contributed by atoms with Crippen molar-refractivity contribution in [2.75, 3.05) is 17.2 Å². The van der Waals surface area contributed by atoms with Crippen molar-refractivity contribution in [1.82, 2.24) is 15.2 Å². The summed E-state index contributed by atoms with van der Waals surface area (Å²) in [4.78, 5) is 4.18. The highest BCUT2D eigenvalue weighted by molar-refractivity contribution is 5.55. The van der Waals surface area contributed by atoms with Crippen LogP contribution < -0.4 is 10.6 Å². The van der Waals surface area contributed by atoms with Gasteiger partial charge in [0.05, 0.1) is 11.8 Å². The fourth-order valence-corrected chi connectivity index (χ4v) is 1.94. The molecule has 0 amide bonds. The van der Waals surface area contributed by atoms with Crippen LogP contribution >= 0.6 is 0 Å². The number of unbranched alkanes of at least 4 members (excludes halogenated alkanes) is 2. The molecule has 8 heteroatoms. The predicted octanol–water partition coefficient (Wildman–Crippen LogP) is 4.24. The van der Waals surface area contributed by atoms with E-state index in [9.17, 15) is 13.2 Å². The van der Waals surface area contributed by atoms with Crippen molar-refractivity contribution in [3.05, 3.63) is 36.0 Å². The third-order valence-corrected chi connectivity index (χ3v) is 3.09. The summed E-state index contributed by atoms with van der Waals surface area (Å²) in [7, 11) is 0. The normalized spacial score (nSPS) is 11.3. The van der Waals surface area contributed by atoms with Gasteiger partial charge in [-0.25, -0.2) is 0 Å². The quantitative estimate of drug-likeness (QED) is 0.746. The predicted molar refractivity (Wildman–Crippen MR) is 82.6 cm³/mol. The van der Waals surface area contributed by atoms with Crippen LogP contribution in [0, 0.1) is 0 Å². The van der Waals surface area contributed by atoms with Crippen molar-refractivity contribution < 1.29 is 13.2 Å². The summed E-state index contributed by atoms with van der Waals surface area (Å²) in [6, 6.07) is 4.85. The number of anilines is 3. The molecule has 2 aromatic rings. The molecule has 0 aliphatic rings. The van der Waals surface area contributed by atoms with Crippen molar-refractivity contribution >= 4 is 17.5 Å². The molecule has 2 rings (SSSR count). The lowest BCUT2D eigenvalue weighted by molar-refractivity contribution is -0.137. The molecule has 0 fully saturated rings. The summed E-state index contributed by atoms with van der Waals surface area (Å²) < 4.78 is 38.1. The van der Waals surface area contributed by atoms with Crippen LogP contribution in [0.4, 0.5) is 30.6 Å². The van der Waals surface area contributed by atoms with Gasteiger partial charge >= 0.3 is 6.18 Å². The second kappa shape index (κ2) is 7.75. The fraction of sp³-hybridized carbons (Fsp3) is 0.400. The average Bonchev–Trinajstić information content (AvgIpc) is 2.51. The summed E-state index contributed by atoms with van der Waals surface area (Å²) in [5.74, 6) is 0.676. The number of hydrogen-bond donors (Lipinski definition) is 2. The van der Waals surface area contributed by atoms with E-state index in [0.717, 1.165) is 37.9 Å². The third kappa shape index (κ3) is 5.39. The molecule has 0 aliphatic carbocycles. The minimum absolute atomic E-state index is 0.143. The van der Waals surface area contributed by atoms with E-state index in [-0.39, 0.29) is 11.6 Å². The molecule has 0 bridgehead atoms. The zero-order chi connectivity index (χ0) is 16.7.